The zero-order chi connectivity index (χ0) is 15.1. The van der Waals surface area contributed by atoms with Gasteiger partial charge >= 0.3 is 0 Å². The first-order valence-corrected chi connectivity index (χ1v) is 8.48. The molecular formula is C14H20N2O3S. The van der Waals surface area contributed by atoms with Crippen LogP contribution in [-0.4, -0.2) is 32.7 Å². The highest BCUT2D eigenvalue weighted by molar-refractivity contribution is 7.92. The zero-order valence-corrected chi connectivity index (χ0v) is 13.0. The number of carbonyl (C=O) groups is 1. The Labute approximate surface area is 120 Å². The highest BCUT2D eigenvalue weighted by atomic mass is 32.2. The molecule has 1 heterocycles. The van der Waals surface area contributed by atoms with Gasteiger partial charge in [0.1, 0.15) is 0 Å². The van der Waals surface area contributed by atoms with E-state index in [0.29, 0.717) is 17.7 Å². The largest absolute Gasteiger partial charge is 0.350 e. The van der Waals surface area contributed by atoms with Crippen LogP contribution in [-0.2, 0) is 16.4 Å². The zero-order valence-electron chi connectivity index (χ0n) is 12.2. The summed E-state index contributed by atoms with van der Waals surface area (Å²) < 4.78 is 25.1. The Morgan fingerprint density at radius 1 is 1.40 bits per heavy atom. The molecular weight excluding hydrogens is 276 g/mol. The fourth-order valence-electron chi connectivity index (χ4n) is 2.59. The molecule has 1 N–H and O–H groups in total. The number of nitrogens with zero attached hydrogens (tertiary/aromatic N) is 1. The van der Waals surface area contributed by atoms with E-state index in [0.717, 1.165) is 5.56 Å². The molecule has 0 radical (unpaired) electrons. The van der Waals surface area contributed by atoms with Gasteiger partial charge < -0.3 is 5.32 Å². The van der Waals surface area contributed by atoms with Crippen LogP contribution in [0.3, 0.4) is 0 Å². The molecule has 2 rings (SSSR count). The number of sulfonamides is 1. The minimum absolute atomic E-state index is 0.0715. The normalized spacial score (nSPS) is 18.2. The predicted molar refractivity (Wildman–Crippen MR) is 79.5 cm³/mol. The van der Waals surface area contributed by atoms with E-state index in [1.807, 2.05) is 20.8 Å². The van der Waals surface area contributed by atoms with Crippen LogP contribution in [0.15, 0.2) is 18.2 Å². The van der Waals surface area contributed by atoms with Crippen molar-refractivity contribution in [3.8, 4) is 0 Å². The van der Waals surface area contributed by atoms with Crippen molar-refractivity contribution in [2.45, 2.75) is 39.3 Å². The molecule has 0 saturated heterocycles. The predicted octanol–water partition coefficient (Wildman–Crippen LogP) is 1.54. The second-order valence-corrected chi connectivity index (χ2v) is 7.44. The van der Waals surface area contributed by atoms with E-state index in [9.17, 15) is 13.2 Å². The number of fused-ring (bicyclic) bond motifs is 1. The van der Waals surface area contributed by atoms with Crippen molar-refractivity contribution < 1.29 is 13.2 Å². The van der Waals surface area contributed by atoms with Gasteiger partial charge in [-0.1, -0.05) is 0 Å². The lowest BCUT2D eigenvalue weighted by Crippen LogP contribution is -2.34. The van der Waals surface area contributed by atoms with Crippen LogP contribution < -0.4 is 9.62 Å². The van der Waals surface area contributed by atoms with Gasteiger partial charge in [0.25, 0.3) is 5.91 Å². The van der Waals surface area contributed by atoms with Gasteiger partial charge in [-0.2, -0.15) is 0 Å². The van der Waals surface area contributed by atoms with E-state index in [2.05, 4.69) is 5.32 Å². The summed E-state index contributed by atoms with van der Waals surface area (Å²) in [4.78, 5) is 12.0. The Bertz CT molecular complexity index is 638. The monoisotopic (exact) mass is 296 g/mol. The summed E-state index contributed by atoms with van der Waals surface area (Å²) in [5.74, 6) is -0.131. The van der Waals surface area contributed by atoms with E-state index in [1.165, 1.54) is 10.6 Å². The first-order chi connectivity index (χ1) is 9.20. The van der Waals surface area contributed by atoms with Gasteiger partial charge in [-0.05, 0) is 51.0 Å². The molecule has 0 saturated carbocycles. The third kappa shape index (κ3) is 2.80. The first-order valence-electron chi connectivity index (χ1n) is 6.63. The summed E-state index contributed by atoms with van der Waals surface area (Å²) >= 11 is 0. The van der Waals surface area contributed by atoms with Gasteiger partial charge in [-0.15, -0.1) is 0 Å². The Morgan fingerprint density at radius 3 is 2.60 bits per heavy atom. The molecule has 0 aliphatic carbocycles. The summed E-state index contributed by atoms with van der Waals surface area (Å²) in [5, 5.41) is 2.83. The van der Waals surface area contributed by atoms with Gasteiger partial charge in [0.15, 0.2) is 0 Å². The maximum absolute atomic E-state index is 12.0. The summed E-state index contributed by atoms with van der Waals surface area (Å²) in [5.41, 5.74) is 2.15. The van der Waals surface area contributed by atoms with Gasteiger partial charge in [0.2, 0.25) is 10.0 Å². The molecule has 1 aromatic carbocycles. The first kappa shape index (κ1) is 14.8. The molecule has 1 amide bonds. The lowest BCUT2D eigenvalue weighted by Gasteiger charge is -2.22. The molecule has 0 aromatic heterocycles. The van der Waals surface area contributed by atoms with E-state index < -0.39 is 10.0 Å². The Kier molecular flexibility index (Phi) is 3.77. The van der Waals surface area contributed by atoms with Crippen LogP contribution in [0.4, 0.5) is 5.69 Å². The standard InChI is InChI=1S/C14H20N2O3S/c1-9(2)15-14(17)11-5-6-13-12(8-11)7-10(3)16(13)20(4,18)19/h5-6,8-10H,7H2,1-4H3,(H,15,17). The molecule has 1 aliphatic heterocycles. The Morgan fingerprint density at radius 2 is 2.05 bits per heavy atom. The van der Waals surface area contributed by atoms with Crippen LogP contribution in [0.5, 0.6) is 0 Å². The van der Waals surface area contributed by atoms with Crippen molar-refractivity contribution in [2.24, 2.45) is 0 Å². The molecule has 0 spiro atoms. The van der Waals surface area contributed by atoms with Crippen LogP contribution in [0.25, 0.3) is 0 Å². The maximum Gasteiger partial charge on any atom is 0.251 e. The molecule has 20 heavy (non-hydrogen) atoms. The lowest BCUT2D eigenvalue weighted by atomic mass is 10.1. The second-order valence-electron chi connectivity index (χ2n) is 5.58. The highest BCUT2D eigenvalue weighted by Crippen LogP contribution is 2.34. The topological polar surface area (TPSA) is 66.5 Å². The summed E-state index contributed by atoms with van der Waals surface area (Å²) in [6, 6.07) is 5.14. The molecule has 0 bridgehead atoms. The minimum atomic E-state index is -3.28. The average molecular weight is 296 g/mol. The van der Waals surface area contributed by atoms with Crippen molar-refractivity contribution in [1.29, 1.82) is 0 Å². The number of hydrogen-bond acceptors (Lipinski definition) is 3. The van der Waals surface area contributed by atoms with Crippen molar-refractivity contribution in [1.82, 2.24) is 5.32 Å². The maximum atomic E-state index is 12.0. The number of rotatable bonds is 3. The molecule has 1 aliphatic rings. The van der Waals surface area contributed by atoms with Crippen LogP contribution >= 0.6 is 0 Å². The van der Waals surface area contributed by atoms with Gasteiger partial charge in [0.05, 0.1) is 11.9 Å². The summed E-state index contributed by atoms with van der Waals surface area (Å²) in [6.45, 7) is 5.67. The van der Waals surface area contributed by atoms with Crippen molar-refractivity contribution in [3.05, 3.63) is 29.3 Å². The van der Waals surface area contributed by atoms with Crippen LogP contribution in [0.1, 0.15) is 36.7 Å². The fourth-order valence-corrected chi connectivity index (χ4v) is 3.86. The van der Waals surface area contributed by atoms with E-state index in [-0.39, 0.29) is 18.0 Å². The lowest BCUT2D eigenvalue weighted by molar-refractivity contribution is 0.0943. The molecule has 1 aromatic rings. The third-order valence-electron chi connectivity index (χ3n) is 3.27. The third-order valence-corrected chi connectivity index (χ3v) is 4.54. The number of nitrogens with one attached hydrogen (secondary N) is 1. The second kappa shape index (κ2) is 5.09. The number of benzene rings is 1. The number of anilines is 1. The fraction of sp³-hybridized carbons (Fsp3) is 0.500. The minimum Gasteiger partial charge on any atom is -0.350 e. The molecule has 1 unspecified atom stereocenters. The molecule has 6 heteroatoms. The molecule has 1 atom stereocenters. The van der Waals surface area contributed by atoms with Crippen molar-refractivity contribution in [3.63, 3.8) is 0 Å². The molecule has 110 valence electrons. The number of amides is 1. The van der Waals surface area contributed by atoms with Crippen molar-refractivity contribution >= 4 is 21.6 Å². The smallest absolute Gasteiger partial charge is 0.251 e. The molecule has 0 fully saturated rings. The van der Waals surface area contributed by atoms with E-state index in [4.69, 9.17) is 0 Å². The SMILES string of the molecule is CC(C)NC(=O)c1ccc2c(c1)CC(C)N2S(C)(=O)=O. The average Bonchev–Trinajstić information content (AvgIpc) is 2.61. The van der Waals surface area contributed by atoms with Crippen molar-refractivity contribution in [2.75, 3.05) is 10.6 Å². The number of hydrogen-bond donors (Lipinski definition) is 1. The number of carbonyl (C=O) groups excluding carboxylic acids is 1. The Balaban J connectivity index is 2.36. The van der Waals surface area contributed by atoms with Gasteiger partial charge in [-0.25, -0.2) is 8.42 Å². The van der Waals surface area contributed by atoms with Gasteiger partial charge in [-0.3, -0.25) is 9.10 Å². The quantitative estimate of drug-likeness (QED) is 0.920. The van der Waals surface area contributed by atoms with E-state index >= 15 is 0 Å². The highest BCUT2D eigenvalue weighted by Gasteiger charge is 2.32. The summed E-state index contributed by atoms with van der Waals surface area (Å²) in [6.07, 6.45) is 1.84. The molecule has 5 nitrogen and oxygen atoms in total. The van der Waals surface area contributed by atoms with Gasteiger partial charge in [0, 0.05) is 17.6 Å². The van der Waals surface area contributed by atoms with Crippen LogP contribution in [0, 0.1) is 0 Å². The van der Waals surface area contributed by atoms with Crippen LogP contribution in [0.2, 0.25) is 0 Å². The Hall–Kier alpha value is -1.56. The van der Waals surface area contributed by atoms with E-state index in [1.54, 1.807) is 18.2 Å². The summed E-state index contributed by atoms with van der Waals surface area (Å²) in [7, 11) is -3.28.